The average Bonchev–Trinajstić information content (AvgIpc) is 2.67. The second-order valence-corrected chi connectivity index (χ2v) is 5.41. The second kappa shape index (κ2) is 4.91. The van der Waals surface area contributed by atoms with E-state index in [-0.39, 0.29) is 0 Å². The number of hydrogen-bond acceptors (Lipinski definition) is 4. The quantitative estimate of drug-likeness (QED) is 0.631. The number of rotatable bonds is 4. The van der Waals surface area contributed by atoms with E-state index < -0.39 is 0 Å². The highest BCUT2D eigenvalue weighted by molar-refractivity contribution is 7.18. The van der Waals surface area contributed by atoms with Gasteiger partial charge in [-0.25, -0.2) is 4.98 Å². The van der Waals surface area contributed by atoms with Crippen LogP contribution >= 0.6 is 11.3 Å². The molecule has 1 heterocycles. The van der Waals surface area contributed by atoms with Crippen molar-refractivity contribution in [2.45, 2.75) is 26.3 Å². The fraction of sp³-hybridized carbons (Fsp3) is 0.417. The normalized spacial score (nSPS) is 13.5. The highest BCUT2D eigenvalue weighted by Gasteiger charge is 2.14. The summed E-state index contributed by atoms with van der Waals surface area (Å²) < 4.78 is 1.25. The second-order valence-electron chi connectivity index (χ2n) is 4.30. The van der Waals surface area contributed by atoms with Gasteiger partial charge >= 0.3 is 0 Å². The van der Waals surface area contributed by atoms with E-state index >= 15 is 0 Å². The van der Waals surface area contributed by atoms with E-state index in [4.69, 9.17) is 5.84 Å². The summed E-state index contributed by atoms with van der Waals surface area (Å²) in [4.78, 5) is 4.61. The van der Waals surface area contributed by atoms with Gasteiger partial charge in [0.1, 0.15) is 0 Å². The molecule has 1 aromatic carbocycles. The predicted octanol–water partition coefficient (Wildman–Crippen LogP) is 2.33. The van der Waals surface area contributed by atoms with Crippen molar-refractivity contribution in [1.82, 2.24) is 10.4 Å². The molecule has 3 N–H and O–H groups in total. The van der Waals surface area contributed by atoms with Crippen LogP contribution in [0.15, 0.2) is 24.3 Å². The van der Waals surface area contributed by atoms with E-state index in [0.29, 0.717) is 12.0 Å². The highest BCUT2D eigenvalue weighted by Crippen LogP contribution is 2.23. The number of fused-ring (bicyclic) bond motifs is 1. The maximum absolute atomic E-state index is 5.54. The first-order valence-electron chi connectivity index (χ1n) is 5.51. The maximum Gasteiger partial charge on any atom is 0.0954 e. The number of hydrazine groups is 1. The SMILES string of the molecule is CC(C)C(Cc1nc2ccccc2s1)NN. The van der Waals surface area contributed by atoms with Crippen LogP contribution < -0.4 is 11.3 Å². The van der Waals surface area contributed by atoms with Gasteiger partial charge in [-0.1, -0.05) is 26.0 Å². The summed E-state index contributed by atoms with van der Waals surface area (Å²) in [6, 6.07) is 8.52. The molecule has 0 aliphatic rings. The number of nitrogens with one attached hydrogen (secondary N) is 1. The summed E-state index contributed by atoms with van der Waals surface area (Å²) in [6.07, 6.45) is 0.896. The van der Waals surface area contributed by atoms with Crippen LogP contribution in [-0.2, 0) is 6.42 Å². The minimum atomic E-state index is 0.292. The lowest BCUT2D eigenvalue weighted by Crippen LogP contribution is -2.40. The molecule has 3 nitrogen and oxygen atoms in total. The van der Waals surface area contributed by atoms with Crippen molar-refractivity contribution in [3.8, 4) is 0 Å². The zero-order chi connectivity index (χ0) is 11.5. The van der Waals surface area contributed by atoms with Gasteiger partial charge in [-0.2, -0.15) is 0 Å². The van der Waals surface area contributed by atoms with Gasteiger partial charge in [0.05, 0.1) is 15.2 Å². The number of benzene rings is 1. The molecule has 86 valence electrons. The van der Waals surface area contributed by atoms with Gasteiger partial charge in [-0.3, -0.25) is 11.3 Å². The van der Waals surface area contributed by atoms with Crippen LogP contribution in [0.25, 0.3) is 10.2 Å². The Hall–Kier alpha value is -0.970. The standard InChI is InChI=1S/C12H17N3S/c1-8(2)10(15-13)7-12-14-9-5-3-4-6-11(9)16-12/h3-6,8,10,15H,7,13H2,1-2H3. The molecule has 0 saturated carbocycles. The van der Waals surface area contributed by atoms with E-state index in [1.54, 1.807) is 11.3 Å². The summed E-state index contributed by atoms with van der Waals surface area (Å²) in [7, 11) is 0. The Labute approximate surface area is 99.7 Å². The first kappa shape index (κ1) is 11.5. The molecule has 0 aliphatic carbocycles. The third-order valence-electron chi connectivity index (χ3n) is 2.75. The third-order valence-corrected chi connectivity index (χ3v) is 3.81. The highest BCUT2D eigenvalue weighted by atomic mass is 32.1. The first-order valence-corrected chi connectivity index (χ1v) is 6.33. The molecular weight excluding hydrogens is 218 g/mol. The molecular formula is C12H17N3S. The number of para-hydroxylation sites is 1. The van der Waals surface area contributed by atoms with E-state index in [9.17, 15) is 0 Å². The van der Waals surface area contributed by atoms with E-state index in [0.717, 1.165) is 16.9 Å². The topological polar surface area (TPSA) is 50.9 Å². The van der Waals surface area contributed by atoms with Gasteiger partial charge in [-0.05, 0) is 18.1 Å². The smallest absolute Gasteiger partial charge is 0.0954 e. The Bertz CT molecular complexity index is 431. The molecule has 1 unspecified atom stereocenters. The predicted molar refractivity (Wildman–Crippen MR) is 69.3 cm³/mol. The first-order chi connectivity index (χ1) is 7.70. The Kier molecular flexibility index (Phi) is 3.53. The average molecular weight is 235 g/mol. The summed E-state index contributed by atoms with van der Waals surface area (Å²) in [5.74, 6) is 6.05. The zero-order valence-corrected chi connectivity index (χ0v) is 10.4. The van der Waals surface area contributed by atoms with Crippen LogP contribution in [0, 0.1) is 5.92 Å². The van der Waals surface area contributed by atoms with Gasteiger partial charge < -0.3 is 0 Å². The van der Waals surface area contributed by atoms with Crippen molar-refractivity contribution >= 4 is 21.6 Å². The monoisotopic (exact) mass is 235 g/mol. The van der Waals surface area contributed by atoms with Crippen LogP contribution in [0.4, 0.5) is 0 Å². The molecule has 16 heavy (non-hydrogen) atoms. The Balaban J connectivity index is 2.20. The third kappa shape index (κ3) is 2.40. The van der Waals surface area contributed by atoms with Gasteiger partial charge in [0.15, 0.2) is 0 Å². The Morgan fingerprint density at radius 2 is 2.12 bits per heavy atom. The van der Waals surface area contributed by atoms with Crippen molar-refractivity contribution < 1.29 is 0 Å². The van der Waals surface area contributed by atoms with Gasteiger partial charge in [0, 0.05) is 12.5 Å². The van der Waals surface area contributed by atoms with Crippen LogP contribution in [-0.4, -0.2) is 11.0 Å². The van der Waals surface area contributed by atoms with E-state index in [1.807, 2.05) is 12.1 Å². The zero-order valence-electron chi connectivity index (χ0n) is 9.60. The molecule has 2 aromatic rings. The Morgan fingerprint density at radius 1 is 1.38 bits per heavy atom. The molecule has 0 spiro atoms. The van der Waals surface area contributed by atoms with Crippen LogP contribution in [0.5, 0.6) is 0 Å². The molecule has 0 radical (unpaired) electrons. The molecule has 0 amide bonds. The molecule has 0 bridgehead atoms. The van der Waals surface area contributed by atoms with Gasteiger partial charge in [-0.15, -0.1) is 11.3 Å². The van der Waals surface area contributed by atoms with Crippen molar-refractivity contribution in [2.24, 2.45) is 11.8 Å². The minimum absolute atomic E-state index is 0.292. The molecule has 1 aromatic heterocycles. The number of thiazole rings is 1. The number of nitrogens with zero attached hydrogens (tertiary/aromatic N) is 1. The van der Waals surface area contributed by atoms with Crippen LogP contribution in [0.3, 0.4) is 0 Å². The van der Waals surface area contributed by atoms with Crippen LogP contribution in [0.2, 0.25) is 0 Å². The van der Waals surface area contributed by atoms with E-state index in [1.165, 1.54) is 4.70 Å². The number of aromatic nitrogens is 1. The van der Waals surface area contributed by atoms with Crippen molar-refractivity contribution in [3.63, 3.8) is 0 Å². The largest absolute Gasteiger partial charge is 0.271 e. The number of hydrogen-bond donors (Lipinski definition) is 2. The summed E-state index contributed by atoms with van der Waals surface area (Å²) in [5, 5.41) is 1.15. The molecule has 0 aliphatic heterocycles. The fourth-order valence-electron chi connectivity index (χ4n) is 1.68. The van der Waals surface area contributed by atoms with Crippen molar-refractivity contribution in [1.29, 1.82) is 0 Å². The lowest BCUT2D eigenvalue weighted by Gasteiger charge is -2.17. The molecule has 1 atom stereocenters. The molecule has 0 saturated heterocycles. The van der Waals surface area contributed by atoms with Crippen molar-refractivity contribution in [2.75, 3.05) is 0 Å². The molecule has 4 heteroatoms. The number of nitrogens with two attached hydrogens (primary N) is 1. The van der Waals surface area contributed by atoms with Crippen LogP contribution in [0.1, 0.15) is 18.9 Å². The summed E-state index contributed by atoms with van der Waals surface area (Å²) in [5.41, 5.74) is 3.95. The van der Waals surface area contributed by atoms with Gasteiger partial charge in [0.2, 0.25) is 0 Å². The fourth-order valence-corrected chi connectivity index (χ4v) is 2.71. The lowest BCUT2D eigenvalue weighted by atomic mass is 10.0. The lowest BCUT2D eigenvalue weighted by molar-refractivity contribution is 0.404. The van der Waals surface area contributed by atoms with Crippen molar-refractivity contribution in [3.05, 3.63) is 29.3 Å². The van der Waals surface area contributed by atoms with Gasteiger partial charge in [0.25, 0.3) is 0 Å². The summed E-state index contributed by atoms with van der Waals surface area (Å²) >= 11 is 1.75. The molecule has 2 rings (SSSR count). The summed E-state index contributed by atoms with van der Waals surface area (Å²) in [6.45, 7) is 4.33. The van der Waals surface area contributed by atoms with E-state index in [2.05, 4.69) is 36.4 Å². The maximum atomic E-state index is 5.54. The molecule has 0 fully saturated rings. The Morgan fingerprint density at radius 3 is 2.75 bits per heavy atom. The minimum Gasteiger partial charge on any atom is -0.271 e.